The molecule has 2 rings (SSSR count). The Balaban J connectivity index is 2.26. The van der Waals surface area contributed by atoms with Crippen molar-refractivity contribution in [2.45, 2.75) is 18.6 Å². The van der Waals surface area contributed by atoms with Crippen molar-refractivity contribution in [3.05, 3.63) is 28.2 Å². The Morgan fingerprint density at radius 1 is 1.35 bits per heavy atom. The second kappa shape index (κ2) is 5.08. The van der Waals surface area contributed by atoms with E-state index in [-0.39, 0.29) is 18.0 Å². The highest BCUT2D eigenvalue weighted by Crippen LogP contribution is 2.34. The van der Waals surface area contributed by atoms with Gasteiger partial charge in [0.15, 0.2) is 0 Å². The van der Waals surface area contributed by atoms with Crippen molar-refractivity contribution >= 4 is 33.4 Å². The number of hydrogen-bond acceptors (Lipinski definition) is 3. The highest BCUT2D eigenvalue weighted by atomic mass is 79.9. The Hall–Kier alpha value is -1.57. The SMILES string of the molecule is CN1C(=O)CC(Nc2cc(C(F)(F)F)ccc2Br)C1=O. The molecule has 1 saturated heterocycles. The van der Waals surface area contributed by atoms with Gasteiger partial charge in [0.05, 0.1) is 12.0 Å². The molecule has 1 N–H and O–H groups in total. The van der Waals surface area contributed by atoms with Crippen LogP contribution in [-0.2, 0) is 15.8 Å². The van der Waals surface area contributed by atoms with Crippen LogP contribution >= 0.6 is 15.9 Å². The minimum atomic E-state index is -4.47. The Morgan fingerprint density at radius 3 is 2.50 bits per heavy atom. The van der Waals surface area contributed by atoms with Crippen molar-refractivity contribution in [1.82, 2.24) is 4.90 Å². The van der Waals surface area contributed by atoms with Gasteiger partial charge in [-0.3, -0.25) is 14.5 Å². The summed E-state index contributed by atoms with van der Waals surface area (Å²) in [6.07, 6.45) is -4.54. The predicted molar refractivity (Wildman–Crippen MR) is 68.9 cm³/mol. The zero-order valence-electron chi connectivity index (χ0n) is 10.3. The number of halogens is 4. The fourth-order valence-corrected chi connectivity index (χ4v) is 2.23. The molecule has 0 spiro atoms. The Morgan fingerprint density at radius 2 is 2.00 bits per heavy atom. The number of rotatable bonds is 2. The molecule has 0 aromatic heterocycles. The first-order valence-electron chi connectivity index (χ1n) is 5.64. The molecule has 0 saturated carbocycles. The summed E-state index contributed by atoms with van der Waals surface area (Å²) in [5.74, 6) is -0.824. The second-order valence-corrected chi connectivity index (χ2v) is 5.24. The van der Waals surface area contributed by atoms with Crippen molar-refractivity contribution in [2.75, 3.05) is 12.4 Å². The molecule has 1 aromatic rings. The molecule has 1 fully saturated rings. The molecule has 108 valence electrons. The number of carbonyl (C=O) groups is 2. The Labute approximate surface area is 121 Å². The fraction of sp³-hybridized carbons (Fsp3) is 0.333. The van der Waals surface area contributed by atoms with Crippen molar-refractivity contribution < 1.29 is 22.8 Å². The van der Waals surface area contributed by atoms with Crippen molar-refractivity contribution in [3.63, 3.8) is 0 Å². The minimum absolute atomic E-state index is 0.0714. The quantitative estimate of drug-likeness (QED) is 0.834. The van der Waals surface area contributed by atoms with E-state index in [0.717, 1.165) is 17.0 Å². The van der Waals surface area contributed by atoms with Gasteiger partial charge in [-0.15, -0.1) is 0 Å². The summed E-state index contributed by atoms with van der Waals surface area (Å²) < 4.78 is 38.3. The molecule has 2 amide bonds. The first-order chi connectivity index (χ1) is 9.20. The highest BCUT2D eigenvalue weighted by molar-refractivity contribution is 9.10. The maximum absolute atomic E-state index is 12.6. The number of alkyl halides is 3. The number of anilines is 1. The number of likely N-dealkylation sites (tertiary alicyclic amines) is 1. The van der Waals surface area contributed by atoms with E-state index in [1.54, 1.807) is 0 Å². The molecular weight excluding hydrogens is 341 g/mol. The first-order valence-corrected chi connectivity index (χ1v) is 6.43. The normalized spacial score (nSPS) is 19.6. The number of hydrogen-bond donors (Lipinski definition) is 1. The molecule has 1 unspecified atom stereocenters. The van der Waals surface area contributed by atoms with Crippen LogP contribution in [0.5, 0.6) is 0 Å². The molecule has 20 heavy (non-hydrogen) atoms. The van der Waals surface area contributed by atoms with Crippen LogP contribution in [0, 0.1) is 0 Å². The van der Waals surface area contributed by atoms with Crippen LogP contribution in [0.15, 0.2) is 22.7 Å². The fourth-order valence-electron chi connectivity index (χ4n) is 1.87. The summed E-state index contributed by atoms with van der Waals surface area (Å²) in [5, 5.41) is 2.67. The van der Waals surface area contributed by atoms with Crippen LogP contribution in [0.1, 0.15) is 12.0 Å². The van der Waals surface area contributed by atoms with Gasteiger partial charge in [0, 0.05) is 17.2 Å². The smallest absolute Gasteiger partial charge is 0.372 e. The largest absolute Gasteiger partial charge is 0.416 e. The zero-order chi connectivity index (χ0) is 15.1. The predicted octanol–water partition coefficient (Wildman–Crippen LogP) is 2.64. The number of likely N-dealkylation sites (N-methyl/N-ethyl adjacent to an activating group) is 1. The number of amides is 2. The van der Waals surface area contributed by atoms with E-state index in [1.807, 2.05) is 0 Å². The number of nitrogens with one attached hydrogen (secondary N) is 1. The third-order valence-corrected chi connectivity index (χ3v) is 3.70. The summed E-state index contributed by atoms with van der Waals surface area (Å²) in [5.41, 5.74) is -0.699. The molecule has 1 aliphatic rings. The molecule has 1 aromatic carbocycles. The number of carbonyl (C=O) groups excluding carboxylic acids is 2. The van der Waals surface area contributed by atoms with Crippen LogP contribution in [-0.4, -0.2) is 29.8 Å². The van der Waals surface area contributed by atoms with E-state index in [4.69, 9.17) is 0 Å². The summed E-state index contributed by atoms with van der Waals surface area (Å²) in [7, 11) is 1.34. The molecule has 8 heteroatoms. The van der Waals surface area contributed by atoms with Crippen molar-refractivity contribution in [2.24, 2.45) is 0 Å². The molecule has 0 radical (unpaired) electrons. The van der Waals surface area contributed by atoms with Gasteiger partial charge in [-0.2, -0.15) is 13.2 Å². The summed E-state index contributed by atoms with van der Waals surface area (Å²) in [6.45, 7) is 0. The maximum Gasteiger partial charge on any atom is 0.416 e. The van der Waals surface area contributed by atoms with Crippen molar-refractivity contribution in [1.29, 1.82) is 0 Å². The average molecular weight is 351 g/mol. The monoisotopic (exact) mass is 350 g/mol. The van der Waals surface area contributed by atoms with Crippen molar-refractivity contribution in [3.8, 4) is 0 Å². The van der Waals surface area contributed by atoms with Crippen LogP contribution in [0.25, 0.3) is 0 Å². The standard InChI is InChI=1S/C12H10BrF3N2O2/c1-18-10(19)5-9(11(18)20)17-8-4-6(12(14,15)16)2-3-7(8)13/h2-4,9,17H,5H2,1H3. The van der Waals surface area contributed by atoms with E-state index in [9.17, 15) is 22.8 Å². The average Bonchev–Trinajstić information content (AvgIpc) is 2.58. The maximum atomic E-state index is 12.6. The highest BCUT2D eigenvalue weighted by Gasteiger charge is 2.37. The van der Waals surface area contributed by atoms with Crippen LogP contribution in [0.4, 0.5) is 18.9 Å². The lowest BCUT2D eigenvalue weighted by Gasteiger charge is -2.16. The first kappa shape index (κ1) is 14.8. The molecule has 0 aliphatic carbocycles. The van der Waals surface area contributed by atoms with E-state index in [0.29, 0.717) is 4.47 Å². The summed E-state index contributed by atoms with van der Waals surface area (Å²) in [6, 6.07) is 2.24. The van der Waals surface area contributed by atoms with Gasteiger partial charge in [-0.1, -0.05) is 0 Å². The number of nitrogens with zero attached hydrogens (tertiary/aromatic N) is 1. The Bertz CT molecular complexity index is 574. The molecule has 1 aliphatic heterocycles. The number of benzene rings is 1. The lowest BCUT2D eigenvalue weighted by molar-refractivity contribution is -0.138. The minimum Gasteiger partial charge on any atom is -0.372 e. The Kier molecular flexibility index (Phi) is 3.77. The molecule has 1 heterocycles. The van der Waals surface area contributed by atoms with Gasteiger partial charge >= 0.3 is 6.18 Å². The van der Waals surface area contributed by atoms with E-state index < -0.39 is 23.7 Å². The molecule has 1 atom stereocenters. The lowest BCUT2D eigenvalue weighted by Crippen LogP contribution is -2.31. The van der Waals surface area contributed by atoms with E-state index >= 15 is 0 Å². The van der Waals surface area contributed by atoms with Gasteiger partial charge in [0.1, 0.15) is 6.04 Å². The van der Waals surface area contributed by atoms with E-state index in [1.165, 1.54) is 13.1 Å². The van der Waals surface area contributed by atoms with Crippen LogP contribution < -0.4 is 5.32 Å². The molecular formula is C12H10BrF3N2O2. The molecule has 0 bridgehead atoms. The van der Waals surface area contributed by atoms with Gasteiger partial charge < -0.3 is 5.32 Å². The third kappa shape index (κ3) is 2.79. The van der Waals surface area contributed by atoms with Crippen LogP contribution in [0.2, 0.25) is 0 Å². The van der Waals surface area contributed by atoms with Gasteiger partial charge in [0.2, 0.25) is 5.91 Å². The topological polar surface area (TPSA) is 49.4 Å². The van der Waals surface area contributed by atoms with Crippen LogP contribution in [0.3, 0.4) is 0 Å². The lowest BCUT2D eigenvalue weighted by atomic mass is 10.1. The van der Waals surface area contributed by atoms with E-state index in [2.05, 4.69) is 21.2 Å². The second-order valence-electron chi connectivity index (χ2n) is 4.38. The third-order valence-electron chi connectivity index (χ3n) is 3.00. The summed E-state index contributed by atoms with van der Waals surface area (Å²) >= 11 is 3.11. The van der Waals surface area contributed by atoms with Gasteiger partial charge in [-0.25, -0.2) is 0 Å². The van der Waals surface area contributed by atoms with Gasteiger partial charge in [0.25, 0.3) is 5.91 Å². The number of imide groups is 1. The summed E-state index contributed by atoms with van der Waals surface area (Å²) in [4.78, 5) is 24.0. The zero-order valence-corrected chi connectivity index (χ0v) is 11.9. The van der Waals surface area contributed by atoms with Gasteiger partial charge in [-0.05, 0) is 34.1 Å². The molecule has 4 nitrogen and oxygen atoms in total.